The lowest BCUT2D eigenvalue weighted by molar-refractivity contribution is -0.132. The minimum absolute atomic E-state index is 0.114. The van der Waals surface area contributed by atoms with Crippen molar-refractivity contribution in [1.29, 1.82) is 0 Å². The molecule has 6 aromatic rings. The van der Waals surface area contributed by atoms with Gasteiger partial charge in [-0.05, 0) is 97.6 Å². The summed E-state index contributed by atoms with van der Waals surface area (Å²) in [6.45, 7) is 6.84. The van der Waals surface area contributed by atoms with Gasteiger partial charge in [0.25, 0.3) is 5.91 Å². The van der Waals surface area contributed by atoms with Crippen LogP contribution in [-0.2, 0) is 47.2 Å². The van der Waals surface area contributed by atoms with Crippen LogP contribution in [0.15, 0.2) is 91.1 Å². The molecule has 2 amide bonds. The van der Waals surface area contributed by atoms with Gasteiger partial charge in [0.1, 0.15) is 35.4 Å². The first-order valence-corrected chi connectivity index (χ1v) is 25.7. The number of carbonyl (C=O) groups is 5. The topological polar surface area (TPSA) is 289 Å². The molecular weight excluding hydrogens is 1040 g/mol. The fraction of sp³-hybridized carbons (Fsp3) is 0.328. The number of nitrogens with zero attached hydrogens (tertiary/aromatic N) is 2. The summed E-state index contributed by atoms with van der Waals surface area (Å²) >= 11 is 0. The summed E-state index contributed by atoms with van der Waals surface area (Å²) in [6.07, 6.45) is 3.57. The van der Waals surface area contributed by atoms with Crippen molar-refractivity contribution in [3.05, 3.63) is 136 Å². The molecule has 0 fully saturated rings. The molecule has 0 saturated carbocycles. The number of rotatable bonds is 27. The molecule has 2 aliphatic rings. The van der Waals surface area contributed by atoms with Crippen LogP contribution >= 0.6 is 0 Å². The molecule has 0 radical (unpaired) electrons. The van der Waals surface area contributed by atoms with Crippen molar-refractivity contribution in [2.45, 2.75) is 58.7 Å². The number of hydrogen-bond acceptors (Lipinski definition) is 20. The zero-order valence-corrected chi connectivity index (χ0v) is 44.9. The smallest absolute Gasteiger partial charge is 0.340 e. The highest BCUT2D eigenvalue weighted by Crippen LogP contribution is 2.57. The molecule has 22 heteroatoms. The molecule has 3 heterocycles. The maximum atomic E-state index is 13.5. The fourth-order valence-corrected chi connectivity index (χ4v) is 9.02. The number of anilines is 2. The molecule has 8 rings (SSSR count). The van der Waals surface area contributed by atoms with Crippen LogP contribution in [0, 0.1) is 0 Å². The number of aromatic nitrogens is 2. The third kappa shape index (κ3) is 13.7. The third-order valence-corrected chi connectivity index (χ3v) is 12.6. The largest absolute Gasteiger partial charge is 0.493 e. The lowest BCUT2D eigenvalue weighted by Gasteiger charge is -2.36. The van der Waals surface area contributed by atoms with E-state index in [0.29, 0.717) is 96.7 Å². The van der Waals surface area contributed by atoms with Gasteiger partial charge in [-0.2, -0.15) is 4.98 Å². The van der Waals surface area contributed by atoms with Crippen molar-refractivity contribution in [2.24, 2.45) is 0 Å². The van der Waals surface area contributed by atoms with Crippen LogP contribution in [0.25, 0.3) is 0 Å². The Balaban J connectivity index is 0.727. The van der Waals surface area contributed by atoms with Gasteiger partial charge in [0, 0.05) is 85.9 Å². The first-order chi connectivity index (χ1) is 38.7. The molecule has 2 aliphatic heterocycles. The summed E-state index contributed by atoms with van der Waals surface area (Å²) in [5.74, 6) is 1.48. The van der Waals surface area contributed by atoms with Crippen LogP contribution in [0.4, 0.5) is 11.8 Å². The molecule has 80 heavy (non-hydrogen) atoms. The lowest BCUT2D eigenvalue weighted by Crippen LogP contribution is -2.33. The van der Waals surface area contributed by atoms with Crippen molar-refractivity contribution < 1.29 is 76.1 Å². The van der Waals surface area contributed by atoms with Crippen LogP contribution < -0.4 is 60.0 Å². The van der Waals surface area contributed by atoms with Crippen LogP contribution in [0.2, 0.25) is 0 Å². The average molecular weight is 1100 g/mol. The number of amides is 2. The van der Waals surface area contributed by atoms with Gasteiger partial charge in [-0.15, -0.1) is 0 Å². The van der Waals surface area contributed by atoms with Gasteiger partial charge in [0.15, 0.2) is 28.6 Å². The monoisotopic (exact) mass is 1100 g/mol. The van der Waals surface area contributed by atoms with E-state index in [2.05, 4.69) is 20.6 Å². The van der Waals surface area contributed by atoms with E-state index in [9.17, 15) is 24.0 Å². The number of hydrogen-bond donors (Lipinski definition) is 4. The second-order valence-corrected chi connectivity index (χ2v) is 18.2. The maximum Gasteiger partial charge on any atom is 0.340 e. The van der Waals surface area contributed by atoms with Gasteiger partial charge < -0.3 is 74.2 Å². The quantitative estimate of drug-likeness (QED) is 0.0235. The average Bonchev–Trinajstić information content (AvgIpc) is 3.87. The Morgan fingerprint density at radius 2 is 1.31 bits per heavy atom. The van der Waals surface area contributed by atoms with Gasteiger partial charge in [-0.3, -0.25) is 19.2 Å². The number of ether oxygens (including phenoxy) is 11. The zero-order valence-electron chi connectivity index (χ0n) is 44.9. The molecule has 6 N–H and O–H groups in total. The molecular formula is C58H62N6O16. The SMILES string of the molecule is CCOc1cc(Cc2cnc(N)nc2N)ccc1OCc1cc(OC)c(OCCCCC(=O)NCCOCCOCCNC(=O)c2ccc3c(c2)C2(OC3=O)c3ccc(OC(C)=O)cc3Oc3cc(OC(C)=O)ccc32)c(OC)c1. The lowest BCUT2D eigenvalue weighted by atomic mass is 9.77. The minimum atomic E-state index is -1.57. The van der Waals surface area contributed by atoms with Crippen molar-refractivity contribution >= 4 is 41.5 Å². The Morgan fingerprint density at radius 3 is 1.94 bits per heavy atom. The Labute approximate surface area is 461 Å². The van der Waals surface area contributed by atoms with Gasteiger partial charge in [0.2, 0.25) is 17.6 Å². The first-order valence-electron chi connectivity index (χ1n) is 25.7. The second-order valence-electron chi connectivity index (χ2n) is 18.2. The van der Waals surface area contributed by atoms with Crippen molar-refractivity contribution in [3.63, 3.8) is 0 Å². The number of fused-ring (bicyclic) bond motifs is 6. The number of nitrogens with one attached hydrogen (secondary N) is 2. The van der Waals surface area contributed by atoms with Crippen molar-refractivity contribution in [3.8, 4) is 51.7 Å². The molecule has 0 aliphatic carbocycles. The summed E-state index contributed by atoms with van der Waals surface area (Å²) in [5, 5.41) is 5.70. The standard InChI is InChI=1S/C58H62N6O16/c1-6-74-49-26-36(25-39-32-63-57(60)64-54(39)59)10-17-46(49)76-33-37-27-50(70-4)53(51(28-37)71-5)75-20-8-7-9-52(67)61-18-21-72-23-24-73-22-19-62-55(68)38-11-14-42-45(29-38)58(80-56(42)69)43-15-12-40(77-34(2)65)30-47(43)79-48-31-41(78-35(3)66)13-16-44(48)58/h10-17,26-32H,6-9,18-25,33H2,1-5H3,(H,61,67)(H,62,68)(H4,59,60,63,64). The number of esters is 3. The molecule has 1 spiro atoms. The molecule has 0 unspecified atom stereocenters. The number of benzene rings is 5. The summed E-state index contributed by atoms with van der Waals surface area (Å²) in [4.78, 5) is 71.2. The summed E-state index contributed by atoms with van der Waals surface area (Å²) in [5.41, 5.74) is 14.3. The highest BCUT2D eigenvalue weighted by Gasteiger charge is 2.54. The van der Waals surface area contributed by atoms with E-state index in [1.165, 1.54) is 38.1 Å². The zero-order chi connectivity index (χ0) is 56.8. The number of nitrogen functional groups attached to an aromatic ring is 2. The van der Waals surface area contributed by atoms with E-state index in [4.69, 9.17) is 63.6 Å². The van der Waals surface area contributed by atoms with Gasteiger partial charge >= 0.3 is 17.9 Å². The summed E-state index contributed by atoms with van der Waals surface area (Å²) in [6, 6.07) is 23.3. The number of unbranched alkanes of at least 4 members (excludes halogenated alkanes) is 1. The Hall–Kier alpha value is -9.15. The minimum Gasteiger partial charge on any atom is -0.493 e. The predicted molar refractivity (Wildman–Crippen MR) is 289 cm³/mol. The Bertz CT molecular complexity index is 3170. The second kappa shape index (κ2) is 26.5. The number of carbonyl (C=O) groups excluding carboxylic acids is 5. The Kier molecular flexibility index (Phi) is 18.9. The molecule has 0 bridgehead atoms. The van der Waals surface area contributed by atoms with E-state index >= 15 is 0 Å². The third-order valence-electron chi connectivity index (χ3n) is 12.6. The van der Waals surface area contributed by atoms with E-state index in [0.717, 1.165) is 16.7 Å². The van der Waals surface area contributed by atoms with Gasteiger partial charge in [-0.25, -0.2) is 9.78 Å². The molecule has 1 aromatic heterocycles. The number of nitrogens with two attached hydrogens (primary N) is 2. The van der Waals surface area contributed by atoms with Gasteiger partial charge in [-0.1, -0.05) is 6.07 Å². The van der Waals surface area contributed by atoms with Crippen molar-refractivity contribution in [1.82, 2.24) is 20.6 Å². The predicted octanol–water partition coefficient (Wildman–Crippen LogP) is 6.77. The fourth-order valence-electron chi connectivity index (χ4n) is 9.02. The van der Waals surface area contributed by atoms with Crippen molar-refractivity contribution in [2.75, 3.05) is 78.4 Å². The normalized spacial score (nSPS) is 12.4. The van der Waals surface area contributed by atoms with Crippen LogP contribution in [0.5, 0.6) is 51.7 Å². The van der Waals surface area contributed by atoms with E-state index in [1.54, 1.807) is 50.7 Å². The van der Waals surface area contributed by atoms with Crippen LogP contribution in [0.1, 0.15) is 94.1 Å². The highest BCUT2D eigenvalue weighted by molar-refractivity contribution is 6.00. The first kappa shape index (κ1) is 57.0. The molecule has 0 saturated heterocycles. The van der Waals surface area contributed by atoms with E-state index < -0.39 is 29.4 Å². The number of methoxy groups -OCH3 is 2. The molecule has 5 aromatic carbocycles. The van der Waals surface area contributed by atoms with E-state index in [1.807, 2.05) is 37.3 Å². The van der Waals surface area contributed by atoms with Crippen LogP contribution in [-0.4, -0.2) is 107 Å². The summed E-state index contributed by atoms with van der Waals surface area (Å²) in [7, 11) is 3.09. The summed E-state index contributed by atoms with van der Waals surface area (Å²) < 4.78 is 63.8. The molecule has 22 nitrogen and oxygen atoms in total. The molecule has 420 valence electrons. The van der Waals surface area contributed by atoms with Crippen LogP contribution in [0.3, 0.4) is 0 Å². The Morgan fingerprint density at radius 1 is 0.662 bits per heavy atom. The highest BCUT2D eigenvalue weighted by atomic mass is 16.6. The molecule has 0 atom stereocenters. The van der Waals surface area contributed by atoms with Gasteiger partial charge in [0.05, 0.1) is 59.4 Å². The maximum absolute atomic E-state index is 13.5. The van der Waals surface area contributed by atoms with E-state index in [-0.39, 0.29) is 85.6 Å².